The van der Waals surface area contributed by atoms with Crippen molar-refractivity contribution < 1.29 is 0 Å². The Bertz CT molecular complexity index is 214. The van der Waals surface area contributed by atoms with Gasteiger partial charge in [-0.15, -0.1) is 0 Å². The molecule has 74 valence electrons. The summed E-state index contributed by atoms with van der Waals surface area (Å²) >= 11 is 0. The number of hydrogen-bond donors (Lipinski definition) is 0. The molecule has 0 saturated carbocycles. The minimum atomic E-state index is 0.816. The Balaban J connectivity index is 2.03. The Morgan fingerprint density at radius 3 is 2.31 bits per heavy atom. The van der Waals surface area contributed by atoms with Crippen molar-refractivity contribution in [3.63, 3.8) is 0 Å². The van der Waals surface area contributed by atoms with E-state index in [-0.39, 0.29) is 0 Å². The van der Waals surface area contributed by atoms with Crippen LogP contribution in [-0.4, -0.2) is 49.0 Å². The van der Waals surface area contributed by atoms with E-state index in [0.717, 1.165) is 24.9 Å². The molecule has 2 heterocycles. The summed E-state index contributed by atoms with van der Waals surface area (Å²) in [6.07, 6.45) is 0. The predicted molar refractivity (Wildman–Crippen MR) is 54.8 cm³/mol. The molecular formula is C10H19N3. The van der Waals surface area contributed by atoms with E-state index in [0.29, 0.717) is 0 Å². The number of nitrogens with zero attached hydrogens (tertiary/aromatic N) is 3. The monoisotopic (exact) mass is 181 g/mol. The third-order valence-corrected chi connectivity index (χ3v) is 3.30. The normalized spacial score (nSPS) is 34.2. The van der Waals surface area contributed by atoms with Crippen LogP contribution < -0.4 is 0 Å². The molecule has 2 aliphatic rings. The van der Waals surface area contributed by atoms with Gasteiger partial charge in [-0.25, -0.2) is 0 Å². The SMILES string of the molecule is CC1CN(C2=NCCN2C)CC1C. The molecule has 0 aliphatic carbocycles. The van der Waals surface area contributed by atoms with Crippen molar-refractivity contribution in [2.75, 3.05) is 33.2 Å². The van der Waals surface area contributed by atoms with Crippen LogP contribution >= 0.6 is 0 Å². The first-order chi connectivity index (χ1) is 6.18. The van der Waals surface area contributed by atoms with Crippen molar-refractivity contribution in [1.29, 1.82) is 0 Å². The number of hydrogen-bond acceptors (Lipinski definition) is 3. The summed E-state index contributed by atoms with van der Waals surface area (Å²) in [5, 5.41) is 0. The Labute approximate surface area is 80.4 Å². The fourth-order valence-corrected chi connectivity index (χ4v) is 2.16. The summed E-state index contributed by atoms with van der Waals surface area (Å²) in [6.45, 7) is 9.11. The molecule has 0 aromatic carbocycles. The molecule has 2 aliphatic heterocycles. The number of rotatable bonds is 0. The van der Waals surface area contributed by atoms with Gasteiger partial charge in [-0.1, -0.05) is 13.8 Å². The first kappa shape index (κ1) is 8.85. The van der Waals surface area contributed by atoms with Gasteiger partial charge in [0, 0.05) is 26.7 Å². The van der Waals surface area contributed by atoms with Gasteiger partial charge in [0.25, 0.3) is 0 Å². The van der Waals surface area contributed by atoms with Crippen LogP contribution in [0.3, 0.4) is 0 Å². The molecule has 0 aromatic rings. The highest BCUT2D eigenvalue weighted by atomic mass is 15.4. The number of likely N-dealkylation sites (N-methyl/N-ethyl adjacent to an activating group) is 1. The molecule has 3 heteroatoms. The second kappa shape index (κ2) is 3.20. The summed E-state index contributed by atoms with van der Waals surface area (Å²) in [4.78, 5) is 9.24. The van der Waals surface area contributed by atoms with Gasteiger partial charge in [-0.05, 0) is 11.8 Å². The fourth-order valence-electron chi connectivity index (χ4n) is 2.16. The molecule has 13 heavy (non-hydrogen) atoms. The van der Waals surface area contributed by atoms with Gasteiger partial charge in [0.15, 0.2) is 5.96 Å². The van der Waals surface area contributed by atoms with E-state index in [2.05, 4.69) is 35.7 Å². The minimum absolute atomic E-state index is 0.816. The maximum absolute atomic E-state index is 4.54. The molecule has 0 aromatic heterocycles. The van der Waals surface area contributed by atoms with Gasteiger partial charge in [-0.2, -0.15) is 0 Å². The smallest absolute Gasteiger partial charge is 0.196 e. The average molecular weight is 181 g/mol. The Kier molecular flexibility index (Phi) is 2.18. The highest BCUT2D eigenvalue weighted by Gasteiger charge is 2.30. The van der Waals surface area contributed by atoms with Gasteiger partial charge < -0.3 is 9.80 Å². The number of guanidine groups is 1. The third kappa shape index (κ3) is 1.52. The lowest BCUT2D eigenvalue weighted by molar-refractivity contribution is 0.411. The van der Waals surface area contributed by atoms with Crippen molar-refractivity contribution >= 4 is 5.96 Å². The van der Waals surface area contributed by atoms with Gasteiger partial charge >= 0.3 is 0 Å². The van der Waals surface area contributed by atoms with E-state index < -0.39 is 0 Å². The zero-order valence-electron chi connectivity index (χ0n) is 8.82. The molecule has 0 radical (unpaired) electrons. The maximum atomic E-state index is 4.54. The van der Waals surface area contributed by atoms with Crippen LogP contribution in [0.4, 0.5) is 0 Å². The topological polar surface area (TPSA) is 18.8 Å². The third-order valence-electron chi connectivity index (χ3n) is 3.30. The quantitative estimate of drug-likeness (QED) is 0.552. The molecule has 3 nitrogen and oxygen atoms in total. The lowest BCUT2D eigenvalue weighted by Crippen LogP contribution is -2.38. The fraction of sp³-hybridized carbons (Fsp3) is 0.900. The van der Waals surface area contributed by atoms with Crippen molar-refractivity contribution in [2.24, 2.45) is 16.8 Å². The number of likely N-dealkylation sites (tertiary alicyclic amines) is 1. The summed E-state index contributed by atoms with van der Waals surface area (Å²) in [5.41, 5.74) is 0. The van der Waals surface area contributed by atoms with Crippen LogP contribution in [-0.2, 0) is 0 Å². The van der Waals surface area contributed by atoms with Gasteiger partial charge in [0.05, 0.1) is 6.54 Å². The molecule has 0 N–H and O–H groups in total. The molecular weight excluding hydrogens is 162 g/mol. The molecule has 2 atom stereocenters. The predicted octanol–water partition coefficient (Wildman–Crippen LogP) is 0.876. The van der Waals surface area contributed by atoms with Crippen LogP contribution in [0.1, 0.15) is 13.8 Å². The number of aliphatic imine (C=N–C) groups is 1. The zero-order valence-corrected chi connectivity index (χ0v) is 8.82. The second-order valence-corrected chi connectivity index (χ2v) is 4.46. The van der Waals surface area contributed by atoms with Crippen LogP contribution in [0.25, 0.3) is 0 Å². The average Bonchev–Trinajstić information content (AvgIpc) is 2.60. The molecule has 2 rings (SSSR count). The highest BCUT2D eigenvalue weighted by Crippen LogP contribution is 2.23. The second-order valence-electron chi connectivity index (χ2n) is 4.46. The van der Waals surface area contributed by atoms with Gasteiger partial charge in [0.2, 0.25) is 0 Å². The van der Waals surface area contributed by atoms with Crippen molar-refractivity contribution in [1.82, 2.24) is 9.80 Å². The van der Waals surface area contributed by atoms with Crippen LogP contribution in [0.15, 0.2) is 4.99 Å². The summed E-state index contributed by atoms with van der Waals surface area (Å²) < 4.78 is 0. The molecule has 0 amide bonds. The lowest BCUT2D eigenvalue weighted by Gasteiger charge is -2.24. The van der Waals surface area contributed by atoms with E-state index in [1.54, 1.807) is 0 Å². The van der Waals surface area contributed by atoms with E-state index in [1.165, 1.54) is 19.0 Å². The molecule has 2 unspecified atom stereocenters. The van der Waals surface area contributed by atoms with Crippen LogP contribution in [0, 0.1) is 11.8 Å². The highest BCUT2D eigenvalue weighted by molar-refractivity contribution is 5.81. The Morgan fingerprint density at radius 2 is 1.85 bits per heavy atom. The largest absolute Gasteiger partial charge is 0.344 e. The lowest BCUT2D eigenvalue weighted by atomic mass is 10.0. The van der Waals surface area contributed by atoms with E-state index in [1.807, 2.05) is 0 Å². The molecule has 0 bridgehead atoms. The molecule has 1 saturated heterocycles. The summed E-state index contributed by atoms with van der Waals surface area (Å²) in [6, 6.07) is 0. The Morgan fingerprint density at radius 1 is 1.23 bits per heavy atom. The van der Waals surface area contributed by atoms with E-state index >= 15 is 0 Å². The minimum Gasteiger partial charge on any atom is -0.344 e. The molecule has 1 fully saturated rings. The van der Waals surface area contributed by atoms with Crippen molar-refractivity contribution in [3.8, 4) is 0 Å². The Hall–Kier alpha value is -0.730. The van der Waals surface area contributed by atoms with Gasteiger partial charge in [-0.3, -0.25) is 4.99 Å². The summed E-state index contributed by atoms with van der Waals surface area (Å²) in [5.74, 6) is 2.85. The maximum Gasteiger partial charge on any atom is 0.196 e. The first-order valence-electron chi connectivity index (χ1n) is 5.19. The van der Waals surface area contributed by atoms with E-state index in [9.17, 15) is 0 Å². The van der Waals surface area contributed by atoms with Crippen molar-refractivity contribution in [3.05, 3.63) is 0 Å². The first-order valence-corrected chi connectivity index (χ1v) is 5.19. The van der Waals surface area contributed by atoms with Crippen LogP contribution in [0.5, 0.6) is 0 Å². The molecule has 0 spiro atoms. The van der Waals surface area contributed by atoms with Crippen molar-refractivity contribution in [2.45, 2.75) is 13.8 Å². The standard InChI is InChI=1S/C10H19N3/c1-8-6-13(7-9(8)2)10-11-4-5-12(10)3/h8-9H,4-7H2,1-3H3. The van der Waals surface area contributed by atoms with Crippen LogP contribution in [0.2, 0.25) is 0 Å². The zero-order chi connectivity index (χ0) is 9.42. The summed E-state index contributed by atoms with van der Waals surface area (Å²) in [7, 11) is 2.14. The van der Waals surface area contributed by atoms with Gasteiger partial charge in [0.1, 0.15) is 0 Å². The van der Waals surface area contributed by atoms with E-state index in [4.69, 9.17) is 0 Å².